The van der Waals surface area contributed by atoms with Crippen molar-refractivity contribution in [2.24, 2.45) is 0 Å². The molecule has 0 spiro atoms. The second kappa shape index (κ2) is 9.76. The summed E-state index contributed by atoms with van der Waals surface area (Å²) >= 11 is 12.2. The highest BCUT2D eigenvalue weighted by molar-refractivity contribution is 6.35. The first-order chi connectivity index (χ1) is 12.8. The Morgan fingerprint density at radius 3 is 2.63 bits per heavy atom. The molecule has 2 rings (SSSR count). The molecule has 0 saturated heterocycles. The van der Waals surface area contributed by atoms with Crippen LogP contribution in [-0.2, 0) is 9.53 Å². The maximum atomic E-state index is 12.1. The second-order valence-electron chi connectivity index (χ2n) is 6.23. The van der Waals surface area contributed by atoms with Crippen LogP contribution >= 0.6 is 23.2 Å². The predicted octanol–water partition coefficient (Wildman–Crippen LogP) is 4.46. The van der Waals surface area contributed by atoms with E-state index in [0.717, 1.165) is 18.4 Å². The van der Waals surface area contributed by atoms with E-state index in [1.54, 1.807) is 26.0 Å². The summed E-state index contributed by atoms with van der Waals surface area (Å²) in [6.45, 7) is 5.32. The fourth-order valence-corrected chi connectivity index (χ4v) is 3.38. The van der Waals surface area contributed by atoms with Gasteiger partial charge in [0.05, 0.1) is 5.69 Å². The summed E-state index contributed by atoms with van der Waals surface area (Å²) in [5, 5.41) is 7.62. The van der Waals surface area contributed by atoms with Crippen LogP contribution in [0.5, 0.6) is 0 Å². The summed E-state index contributed by atoms with van der Waals surface area (Å²) in [6.07, 6.45) is 1.78. The molecule has 1 atom stereocenters. The van der Waals surface area contributed by atoms with Gasteiger partial charge in [-0.3, -0.25) is 4.79 Å². The van der Waals surface area contributed by atoms with Gasteiger partial charge in [0, 0.05) is 22.5 Å². The van der Waals surface area contributed by atoms with Crippen molar-refractivity contribution in [1.29, 1.82) is 0 Å². The van der Waals surface area contributed by atoms with E-state index in [9.17, 15) is 9.59 Å². The number of hydrogen-bond donors (Lipinski definition) is 1. The Balaban J connectivity index is 1.91. The van der Waals surface area contributed by atoms with Gasteiger partial charge in [-0.1, -0.05) is 47.8 Å². The van der Waals surface area contributed by atoms with Crippen LogP contribution in [0.2, 0.25) is 10.0 Å². The Bertz CT molecular complexity index is 801. The highest BCUT2D eigenvalue weighted by Gasteiger charge is 2.20. The molecule has 8 heteroatoms. The highest BCUT2D eigenvalue weighted by atomic mass is 35.5. The molecule has 1 N–H and O–H groups in total. The molecule has 6 nitrogen and oxygen atoms in total. The van der Waals surface area contributed by atoms with Gasteiger partial charge in [-0.05, 0) is 38.0 Å². The topological polar surface area (TPSA) is 81.4 Å². The van der Waals surface area contributed by atoms with Crippen molar-refractivity contribution in [3.05, 3.63) is 50.8 Å². The molecular weight excluding hydrogens is 391 g/mol. The van der Waals surface area contributed by atoms with Crippen molar-refractivity contribution in [2.45, 2.75) is 39.5 Å². The minimum atomic E-state index is -0.632. The van der Waals surface area contributed by atoms with E-state index in [4.69, 9.17) is 32.5 Å². The third kappa shape index (κ3) is 5.71. The number of halogens is 2. The Labute approximate surface area is 168 Å². The molecule has 2 aromatic rings. The molecule has 0 aliphatic heterocycles. The SMILES string of the molecule is CCCC(CNC(=O)COC(=O)c1c(C)noc1C)c1ccc(Cl)cc1Cl. The number of aryl methyl sites for hydroxylation is 2. The van der Waals surface area contributed by atoms with Gasteiger partial charge in [0.1, 0.15) is 11.3 Å². The van der Waals surface area contributed by atoms with Gasteiger partial charge in [0.15, 0.2) is 6.61 Å². The first kappa shape index (κ1) is 21.3. The van der Waals surface area contributed by atoms with Crippen LogP contribution < -0.4 is 5.32 Å². The number of rotatable bonds is 8. The van der Waals surface area contributed by atoms with Crippen molar-refractivity contribution in [3.63, 3.8) is 0 Å². The zero-order valence-electron chi connectivity index (χ0n) is 15.5. The quantitative estimate of drug-likeness (QED) is 0.647. The number of ether oxygens (including phenoxy) is 1. The number of esters is 1. The normalized spacial score (nSPS) is 11.9. The number of carbonyl (C=O) groups excluding carboxylic acids is 2. The van der Waals surface area contributed by atoms with Crippen molar-refractivity contribution in [1.82, 2.24) is 10.5 Å². The highest BCUT2D eigenvalue weighted by Crippen LogP contribution is 2.30. The van der Waals surface area contributed by atoms with E-state index in [1.165, 1.54) is 0 Å². The third-order valence-corrected chi connectivity index (χ3v) is 4.72. The summed E-state index contributed by atoms with van der Waals surface area (Å²) < 4.78 is 9.98. The average molecular weight is 413 g/mol. The van der Waals surface area contributed by atoms with Gasteiger partial charge in [-0.25, -0.2) is 4.79 Å². The minimum absolute atomic E-state index is 0.0435. The number of nitrogens with one attached hydrogen (secondary N) is 1. The van der Waals surface area contributed by atoms with Gasteiger partial charge in [-0.2, -0.15) is 0 Å². The second-order valence-corrected chi connectivity index (χ2v) is 7.07. The van der Waals surface area contributed by atoms with Gasteiger partial charge in [0.25, 0.3) is 5.91 Å². The zero-order chi connectivity index (χ0) is 20.0. The lowest BCUT2D eigenvalue weighted by molar-refractivity contribution is -0.124. The van der Waals surface area contributed by atoms with E-state index in [2.05, 4.69) is 17.4 Å². The Morgan fingerprint density at radius 1 is 1.30 bits per heavy atom. The van der Waals surface area contributed by atoms with Crippen molar-refractivity contribution in [2.75, 3.05) is 13.2 Å². The van der Waals surface area contributed by atoms with Crippen LogP contribution in [0.3, 0.4) is 0 Å². The van der Waals surface area contributed by atoms with Crippen molar-refractivity contribution in [3.8, 4) is 0 Å². The maximum absolute atomic E-state index is 12.1. The Hall–Kier alpha value is -2.05. The standard InChI is InChI=1S/C19H22Cl2N2O4/c1-4-5-13(15-7-6-14(20)8-16(15)21)9-22-17(24)10-26-19(25)18-11(2)23-27-12(18)3/h6-8,13H,4-5,9-10H2,1-3H3,(H,22,24). The lowest BCUT2D eigenvalue weighted by atomic mass is 9.94. The van der Waals surface area contributed by atoms with Crippen LogP contribution in [0, 0.1) is 13.8 Å². The lowest BCUT2D eigenvalue weighted by Crippen LogP contribution is -2.32. The van der Waals surface area contributed by atoms with Crippen molar-refractivity contribution >= 4 is 35.1 Å². The summed E-state index contributed by atoms with van der Waals surface area (Å²) in [4.78, 5) is 24.1. The molecule has 0 radical (unpaired) electrons. The number of aromatic nitrogens is 1. The number of nitrogens with zero attached hydrogens (tertiary/aromatic N) is 1. The maximum Gasteiger partial charge on any atom is 0.344 e. The minimum Gasteiger partial charge on any atom is -0.452 e. The summed E-state index contributed by atoms with van der Waals surface area (Å²) in [5.41, 5.74) is 1.61. The Morgan fingerprint density at radius 2 is 2.04 bits per heavy atom. The molecule has 0 fully saturated rings. The monoisotopic (exact) mass is 412 g/mol. The molecule has 0 aliphatic carbocycles. The number of hydrogen-bond acceptors (Lipinski definition) is 5. The fourth-order valence-electron chi connectivity index (χ4n) is 2.81. The summed E-state index contributed by atoms with van der Waals surface area (Å²) in [5.74, 6) is -0.617. The van der Waals surface area contributed by atoms with E-state index in [-0.39, 0.29) is 24.0 Å². The predicted molar refractivity (Wildman–Crippen MR) is 103 cm³/mol. The molecule has 1 amide bonds. The summed E-state index contributed by atoms with van der Waals surface area (Å²) in [6, 6.07) is 5.33. The number of carbonyl (C=O) groups is 2. The van der Waals surface area contributed by atoms with E-state index in [1.807, 2.05) is 6.07 Å². The smallest absolute Gasteiger partial charge is 0.344 e. The first-order valence-electron chi connectivity index (χ1n) is 8.65. The molecule has 27 heavy (non-hydrogen) atoms. The largest absolute Gasteiger partial charge is 0.452 e. The first-order valence-corrected chi connectivity index (χ1v) is 9.40. The molecule has 1 unspecified atom stereocenters. The average Bonchev–Trinajstić information content (AvgIpc) is 2.95. The summed E-state index contributed by atoms with van der Waals surface area (Å²) in [7, 11) is 0. The van der Waals surface area contributed by atoms with Crippen LogP contribution in [0.25, 0.3) is 0 Å². The zero-order valence-corrected chi connectivity index (χ0v) is 17.0. The third-order valence-electron chi connectivity index (χ3n) is 4.16. The van der Waals surface area contributed by atoms with Crippen LogP contribution in [0.15, 0.2) is 22.7 Å². The number of benzene rings is 1. The van der Waals surface area contributed by atoms with Gasteiger partial charge in [-0.15, -0.1) is 0 Å². The van der Waals surface area contributed by atoms with E-state index >= 15 is 0 Å². The van der Waals surface area contributed by atoms with Crippen LogP contribution in [0.4, 0.5) is 0 Å². The molecule has 1 aromatic carbocycles. The lowest BCUT2D eigenvalue weighted by Gasteiger charge is -2.19. The van der Waals surface area contributed by atoms with E-state index in [0.29, 0.717) is 28.0 Å². The molecule has 0 bridgehead atoms. The molecule has 146 valence electrons. The Kier molecular flexibility index (Phi) is 7.68. The molecular formula is C19H22Cl2N2O4. The van der Waals surface area contributed by atoms with Crippen LogP contribution in [0.1, 0.15) is 53.1 Å². The fraction of sp³-hybridized carbons (Fsp3) is 0.421. The molecule has 1 aromatic heterocycles. The van der Waals surface area contributed by atoms with Gasteiger partial charge in [0.2, 0.25) is 0 Å². The van der Waals surface area contributed by atoms with E-state index < -0.39 is 5.97 Å². The molecule has 1 heterocycles. The van der Waals surface area contributed by atoms with Gasteiger partial charge < -0.3 is 14.6 Å². The molecule has 0 aliphatic rings. The van der Waals surface area contributed by atoms with Crippen molar-refractivity contribution < 1.29 is 18.8 Å². The molecule has 0 saturated carbocycles. The van der Waals surface area contributed by atoms with Gasteiger partial charge >= 0.3 is 5.97 Å². The van der Waals surface area contributed by atoms with Crippen LogP contribution in [-0.4, -0.2) is 30.2 Å². The number of amides is 1.